The van der Waals surface area contributed by atoms with Gasteiger partial charge in [-0.15, -0.1) is 0 Å². The van der Waals surface area contributed by atoms with Crippen LogP contribution in [0.25, 0.3) is 0 Å². The average molecular weight is 313 g/mol. The first-order valence-electron chi connectivity index (χ1n) is 8.11. The van der Waals surface area contributed by atoms with Crippen LogP contribution >= 0.6 is 11.6 Å². The summed E-state index contributed by atoms with van der Waals surface area (Å²) in [5.74, 6) is 0.753. The Balaban J connectivity index is 2.27. The van der Waals surface area contributed by atoms with Gasteiger partial charge in [0.05, 0.1) is 5.56 Å². The summed E-state index contributed by atoms with van der Waals surface area (Å²) in [4.78, 5) is 27.4. The minimum absolute atomic E-state index is 0.0298. The van der Waals surface area contributed by atoms with Crippen LogP contribution in [0.1, 0.15) is 70.4 Å². The fourth-order valence-corrected chi connectivity index (χ4v) is 3.72. The van der Waals surface area contributed by atoms with Gasteiger partial charge < -0.3 is 0 Å². The van der Waals surface area contributed by atoms with Crippen molar-refractivity contribution in [2.24, 2.45) is 5.92 Å². The molecule has 1 aromatic heterocycles. The molecular formula is C16H25ClN2O2. The largest absolute Gasteiger partial charge is 0.329 e. The molecule has 118 valence electrons. The smallest absolute Gasteiger partial charge is 0.297 e. The summed E-state index contributed by atoms with van der Waals surface area (Å²) >= 11 is 6.02. The van der Waals surface area contributed by atoms with Crippen LogP contribution in [0.4, 0.5) is 0 Å². The molecule has 0 atom stereocenters. The van der Waals surface area contributed by atoms with E-state index < -0.39 is 0 Å². The van der Waals surface area contributed by atoms with Crippen molar-refractivity contribution in [2.45, 2.75) is 71.3 Å². The van der Waals surface area contributed by atoms with E-state index in [-0.39, 0.29) is 22.4 Å². The zero-order valence-corrected chi connectivity index (χ0v) is 13.7. The molecule has 0 aromatic carbocycles. The molecule has 0 aliphatic heterocycles. The van der Waals surface area contributed by atoms with Crippen molar-refractivity contribution >= 4 is 11.6 Å². The molecular weight excluding hydrogens is 288 g/mol. The first kappa shape index (κ1) is 16.3. The second-order valence-electron chi connectivity index (χ2n) is 6.11. The van der Waals surface area contributed by atoms with E-state index in [1.54, 1.807) is 0 Å². The van der Waals surface area contributed by atoms with E-state index in [9.17, 15) is 9.59 Å². The van der Waals surface area contributed by atoms with Gasteiger partial charge in [0.25, 0.3) is 5.56 Å². The number of hydrogen-bond acceptors (Lipinski definition) is 2. The van der Waals surface area contributed by atoms with Crippen LogP contribution in [0.2, 0.25) is 5.15 Å². The molecule has 5 heteroatoms. The summed E-state index contributed by atoms with van der Waals surface area (Å²) in [6.07, 6.45) is 7.95. The first-order chi connectivity index (χ1) is 10.1. The molecule has 1 aliphatic carbocycles. The quantitative estimate of drug-likeness (QED) is 0.843. The third-order valence-corrected chi connectivity index (χ3v) is 4.88. The van der Waals surface area contributed by atoms with Crippen LogP contribution in [0.15, 0.2) is 9.59 Å². The molecule has 1 aromatic rings. The Morgan fingerprint density at radius 2 is 1.81 bits per heavy atom. The van der Waals surface area contributed by atoms with E-state index in [1.165, 1.54) is 17.4 Å². The van der Waals surface area contributed by atoms with Gasteiger partial charge in [-0.25, -0.2) is 4.79 Å². The highest BCUT2D eigenvalue weighted by Gasteiger charge is 2.25. The molecule has 0 amide bonds. The summed E-state index contributed by atoms with van der Waals surface area (Å²) in [6.45, 7) is 4.21. The number of H-pyrrole nitrogens is 1. The number of halogens is 1. The van der Waals surface area contributed by atoms with Crippen molar-refractivity contribution in [3.63, 3.8) is 0 Å². The lowest BCUT2D eigenvalue weighted by Gasteiger charge is -2.29. The Morgan fingerprint density at radius 3 is 2.38 bits per heavy atom. The number of nitrogens with one attached hydrogen (secondary N) is 1. The van der Waals surface area contributed by atoms with Crippen molar-refractivity contribution in [1.82, 2.24) is 9.55 Å². The van der Waals surface area contributed by atoms with Gasteiger partial charge in [-0.1, -0.05) is 44.7 Å². The molecule has 1 saturated carbocycles. The maximum atomic E-state index is 12.6. The number of aromatic nitrogens is 2. The molecule has 0 spiro atoms. The lowest BCUT2D eigenvalue weighted by Crippen LogP contribution is -2.41. The predicted molar refractivity (Wildman–Crippen MR) is 86.2 cm³/mol. The predicted octanol–water partition coefficient (Wildman–Crippen LogP) is 3.67. The fraction of sp³-hybridized carbons (Fsp3) is 0.750. The van der Waals surface area contributed by atoms with Crippen molar-refractivity contribution in [1.29, 1.82) is 0 Å². The summed E-state index contributed by atoms with van der Waals surface area (Å²) in [7, 11) is 0. The highest BCUT2D eigenvalue weighted by molar-refractivity contribution is 6.30. The minimum Gasteiger partial charge on any atom is -0.297 e. The van der Waals surface area contributed by atoms with Gasteiger partial charge >= 0.3 is 5.69 Å². The number of rotatable bonds is 5. The van der Waals surface area contributed by atoms with E-state index in [0.29, 0.717) is 12.0 Å². The molecule has 4 nitrogen and oxygen atoms in total. The zero-order valence-electron chi connectivity index (χ0n) is 13.0. The molecule has 0 unspecified atom stereocenters. The Kier molecular flexibility index (Phi) is 5.68. The lowest BCUT2D eigenvalue weighted by molar-refractivity contribution is 0.253. The third-order valence-electron chi connectivity index (χ3n) is 4.56. The van der Waals surface area contributed by atoms with E-state index >= 15 is 0 Å². The Bertz CT molecular complexity index is 583. The van der Waals surface area contributed by atoms with Gasteiger partial charge in [0.1, 0.15) is 5.15 Å². The van der Waals surface area contributed by atoms with Crippen molar-refractivity contribution in [3.8, 4) is 0 Å². The van der Waals surface area contributed by atoms with E-state index in [1.807, 2.05) is 6.92 Å². The Hall–Kier alpha value is -1.03. The van der Waals surface area contributed by atoms with Crippen molar-refractivity contribution in [3.05, 3.63) is 31.6 Å². The molecule has 1 aliphatic rings. The highest BCUT2D eigenvalue weighted by atomic mass is 35.5. The standard InChI is InChI=1S/C16H25ClN2O2/c1-3-5-11-7-9-12(10-8-11)19-15(20)13(6-4-2)14(17)18-16(19)21/h11-12H,3-10H2,1-2H3,(H,18,21). The normalized spacial score (nSPS) is 22.4. The third kappa shape index (κ3) is 3.60. The summed E-state index contributed by atoms with van der Waals surface area (Å²) in [5.41, 5.74) is 0.00258. The first-order valence-corrected chi connectivity index (χ1v) is 8.49. The van der Waals surface area contributed by atoms with Crippen LogP contribution in [0, 0.1) is 5.92 Å². The Morgan fingerprint density at radius 1 is 1.14 bits per heavy atom. The van der Waals surface area contributed by atoms with Crippen LogP contribution < -0.4 is 11.2 Å². The van der Waals surface area contributed by atoms with Crippen LogP contribution in [-0.4, -0.2) is 9.55 Å². The SMILES string of the molecule is CCCc1c(Cl)[nH]c(=O)n(C2CCC(CCC)CC2)c1=O. The maximum absolute atomic E-state index is 12.6. The average Bonchev–Trinajstić information content (AvgIpc) is 2.45. The van der Waals surface area contributed by atoms with Gasteiger partial charge in [0.2, 0.25) is 0 Å². The monoisotopic (exact) mass is 312 g/mol. The molecule has 1 heterocycles. The zero-order chi connectivity index (χ0) is 15.4. The second kappa shape index (κ2) is 7.30. The number of nitrogens with zero attached hydrogens (tertiary/aromatic N) is 1. The van der Waals surface area contributed by atoms with Gasteiger partial charge in [0.15, 0.2) is 0 Å². The summed E-state index contributed by atoms with van der Waals surface area (Å²) in [5, 5.41) is 0.211. The van der Waals surface area contributed by atoms with Gasteiger partial charge in [0, 0.05) is 6.04 Å². The van der Waals surface area contributed by atoms with Gasteiger partial charge in [-0.3, -0.25) is 14.3 Å². The van der Waals surface area contributed by atoms with Gasteiger partial charge in [-0.2, -0.15) is 0 Å². The molecule has 0 saturated heterocycles. The summed E-state index contributed by atoms with van der Waals surface area (Å²) in [6, 6.07) is 0.0298. The van der Waals surface area contributed by atoms with E-state index in [4.69, 9.17) is 11.6 Å². The highest BCUT2D eigenvalue weighted by Crippen LogP contribution is 2.33. The molecule has 1 fully saturated rings. The molecule has 0 bridgehead atoms. The van der Waals surface area contributed by atoms with Crippen LogP contribution in [-0.2, 0) is 6.42 Å². The Labute approximate surface area is 130 Å². The van der Waals surface area contributed by atoms with Crippen molar-refractivity contribution < 1.29 is 0 Å². The van der Waals surface area contributed by atoms with E-state index in [0.717, 1.165) is 38.0 Å². The lowest BCUT2D eigenvalue weighted by atomic mass is 9.83. The minimum atomic E-state index is -0.358. The van der Waals surface area contributed by atoms with Crippen molar-refractivity contribution in [2.75, 3.05) is 0 Å². The topological polar surface area (TPSA) is 54.9 Å². The van der Waals surface area contributed by atoms with Crippen LogP contribution in [0.5, 0.6) is 0 Å². The second-order valence-corrected chi connectivity index (χ2v) is 6.49. The van der Waals surface area contributed by atoms with E-state index in [2.05, 4.69) is 11.9 Å². The van der Waals surface area contributed by atoms with Gasteiger partial charge in [-0.05, 0) is 38.0 Å². The molecule has 0 radical (unpaired) electrons. The van der Waals surface area contributed by atoms with Crippen LogP contribution in [0.3, 0.4) is 0 Å². The number of aromatic amines is 1. The molecule has 2 rings (SSSR count). The maximum Gasteiger partial charge on any atom is 0.329 e. The number of hydrogen-bond donors (Lipinski definition) is 1. The molecule has 21 heavy (non-hydrogen) atoms. The fourth-order valence-electron chi connectivity index (χ4n) is 3.46. The summed E-state index contributed by atoms with van der Waals surface area (Å²) < 4.78 is 1.42. The molecule has 1 N–H and O–H groups in total.